The lowest BCUT2D eigenvalue weighted by molar-refractivity contribution is 0.415. The summed E-state index contributed by atoms with van der Waals surface area (Å²) in [6.45, 7) is 0. The summed E-state index contributed by atoms with van der Waals surface area (Å²) in [7, 11) is 1.60. The highest BCUT2D eigenvalue weighted by Crippen LogP contribution is 2.28. The molecule has 90 valence electrons. The van der Waals surface area contributed by atoms with Gasteiger partial charge in [-0.2, -0.15) is 0 Å². The van der Waals surface area contributed by atoms with Crippen molar-refractivity contribution in [1.29, 1.82) is 0 Å². The van der Waals surface area contributed by atoms with Crippen LogP contribution in [0.15, 0.2) is 43.0 Å². The molecule has 0 fully saturated rings. The molecule has 0 unspecified atom stereocenters. The molecule has 0 aliphatic rings. The monoisotopic (exact) mass is 241 g/mol. The minimum Gasteiger partial charge on any atom is -0.507 e. The molecule has 0 amide bonds. The number of pyridine rings is 1. The molecule has 0 aliphatic heterocycles. The molecule has 0 atom stereocenters. The Kier molecular flexibility index (Phi) is 2.37. The number of hydrogen-bond donors (Lipinski definition) is 1. The van der Waals surface area contributed by atoms with Crippen molar-refractivity contribution in [3.05, 3.63) is 43.0 Å². The fraction of sp³-hybridized carbons (Fsp3) is 0.0769. The van der Waals surface area contributed by atoms with Gasteiger partial charge in [-0.1, -0.05) is 0 Å². The number of benzene rings is 1. The van der Waals surface area contributed by atoms with E-state index < -0.39 is 0 Å². The van der Waals surface area contributed by atoms with Gasteiger partial charge in [0.2, 0.25) is 0 Å². The number of hydrogen-bond acceptors (Lipinski definition) is 4. The first kappa shape index (κ1) is 10.6. The van der Waals surface area contributed by atoms with Crippen LogP contribution in [0.5, 0.6) is 11.5 Å². The van der Waals surface area contributed by atoms with Crippen molar-refractivity contribution < 1.29 is 9.84 Å². The standard InChI is InChI=1S/C13H11N3O2/c1-18-9-2-3-10-11(6-9)15-13(7-12(10)17)16-5-4-14-8-16/h2-8H,1H3,(H,15,17). The molecule has 0 radical (unpaired) electrons. The summed E-state index contributed by atoms with van der Waals surface area (Å²) in [5.74, 6) is 1.51. The average molecular weight is 241 g/mol. The topological polar surface area (TPSA) is 60.2 Å². The van der Waals surface area contributed by atoms with Crippen LogP contribution in [0.3, 0.4) is 0 Å². The Morgan fingerprint density at radius 1 is 1.28 bits per heavy atom. The van der Waals surface area contributed by atoms with Gasteiger partial charge in [-0.3, -0.25) is 4.57 Å². The number of aromatic hydroxyl groups is 1. The minimum atomic E-state index is 0.186. The van der Waals surface area contributed by atoms with Crippen LogP contribution in [0.1, 0.15) is 0 Å². The molecule has 5 heteroatoms. The van der Waals surface area contributed by atoms with Crippen LogP contribution >= 0.6 is 0 Å². The van der Waals surface area contributed by atoms with Crippen molar-refractivity contribution in [2.75, 3.05) is 7.11 Å². The number of aromatic nitrogens is 3. The second-order valence-electron chi connectivity index (χ2n) is 3.85. The maximum atomic E-state index is 10.00. The van der Waals surface area contributed by atoms with E-state index in [-0.39, 0.29) is 5.75 Å². The van der Waals surface area contributed by atoms with E-state index in [2.05, 4.69) is 9.97 Å². The van der Waals surface area contributed by atoms with Gasteiger partial charge in [0.1, 0.15) is 23.6 Å². The van der Waals surface area contributed by atoms with Crippen LogP contribution in [0.2, 0.25) is 0 Å². The van der Waals surface area contributed by atoms with Gasteiger partial charge < -0.3 is 9.84 Å². The van der Waals surface area contributed by atoms with E-state index in [1.54, 1.807) is 54.7 Å². The van der Waals surface area contributed by atoms with Gasteiger partial charge in [-0.25, -0.2) is 9.97 Å². The normalized spacial score (nSPS) is 10.7. The number of ether oxygens (including phenoxy) is 1. The molecular weight excluding hydrogens is 230 g/mol. The quantitative estimate of drug-likeness (QED) is 0.746. The molecule has 0 bridgehead atoms. The van der Waals surface area contributed by atoms with E-state index in [0.717, 1.165) is 0 Å². The lowest BCUT2D eigenvalue weighted by Gasteiger charge is -2.07. The first-order valence-corrected chi connectivity index (χ1v) is 5.44. The zero-order valence-corrected chi connectivity index (χ0v) is 9.74. The van der Waals surface area contributed by atoms with E-state index in [0.29, 0.717) is 22.5 Å². The molecule has 2 aromatic heterocycles. The van der Waals surface area contributed by atoms with Gasteiger partial charge in [0.25, 0.3) is 0 Å². The number of methoxy groups -OCH3 is 1. The maximum Gasteiger partial charge on any atom is 0.142 e. The van der Waals surface area contributed by atoms with Gasteiger partial charge >= 0.3 is 0 Å². The first-order chi connectivity index (χ1) is 8.78. The molecule has 18 heavy (non-hydrogen) atoms. The van der Waals surface area contributed by atoms with E-state index >= 15 is 0 Å². The minimum absolute atomic E-state index is 0.186. The predicted octanol–water partition coefficient (Wildman–Crippen LogP) is 2.13. The first-order valence-electron chi connectivity index (χ1n) is 5.44. The summed E-state index contributed by atoms with van der Waals surface area (Å²) < 4.78 is 6.89. The summed E-state index contributed by atoms with van der Waals surface area (Å²) in [6.07, 6.45) is 5.07. The van der Waals surface area contributed by atoms with E-state index in [1.165, 1.54) is 0 Å². The Morgan fingerprint density at radius 3 is 2.89 bits per heavy atom. The highest BCUT2D eigenvalue weighted by Gasteiger charge is 2.07. The second-order valence-corrected chi connectivity index (χ2v) is 3.85. The van der Waals surface area contributed by atoms with Gasteiger partial charge in [0.15, 0.2) is 0 Å². The Morgan fingerprint density at radius 2 is 2.17 bits per heavy atom. The highest BCUT2D eigenvalue weighted by molar-refractivity contribution is 5.86. The molecule has 3 aromatic rings. The molecule has 0 saturated heterocycles. The third-order valence-electron chi connectivity index (χ3n) is 2.75. The smallest absolute Gasteiger partial charge is 0.142 e. The Hall–Kier alpha value is -2.56. The number of fused-ring (bicyclic) bond motifs is 1. The third kappa shape index (κ3) is 1.66. The SMILES string of the molecule is COc1ccc2c(O)cc(-n3ccnc3)nc2c1. The van der Waals surface area contributed by atoms with Gasteiger partial charge in [-0.15, -0.1) is 0 Å². The van der Waals surface area contributed by atoms with E-state index in [4.69, 9.17) is 4.74 Å². The van der Waals surface area contributed by atoms with Crippen molar-refractivity contribution in [1.82, 2.24) is 14.5 Å². The largest absolute Gasteiger partial charge is 0.507 e. The molecular formula is C13H11N3O2. The van der Waals surface area contributed by atoms with Gasteiger partial charge in [-0.05, 0) is 12.1 Å². The summed E-state index contributed by atoms with van der Waals surface area (Å²) >= 11 is 0. The fourth-order valence-corrected chi connectivity index (χ4v) is 1.83. The molecule has 3 rings (SSSR count). The summed E-state index contributed by atoms with van der Waals surface area (Å²) in [5, 5.41) is 10.7. The van der Waals surface area contributed by atoms with Crippen molar-refractivity contribution in [3.63, 3.8) is 0 Å². The van der Waals surface area contributed by atoms with Crippen molar-refractivity contribution in [3.8, 4) is 17.3 Å². The Balaban J connectivity index is 2.24. The van der Waals surface area contributed by atoms with Crippen LogP contribution in [0, 0.1) is 0 Å². The zero-order valence-electron chi connectivity index (χ0n) is 9.74. The highest BCUT2D eigenvalue weighted by atomic mass is 16.5. The van der Waals surface area contributed by atoms with Crippen molar-refractivity contribution in [2.24, 2.45) is 0 Å². The molecule has 0 saturated carbocycles. The molecule has 0 aliphatic carbocycles. The second kappa shape index (κ2) is 4.03. The lowest BCUT2D eigenvalue weighted by atomic mass is 10.2. The third-order valence-corrected chi connectivity index (χ3v) is 2.75. The van der Waals surface area contributed by atoms with E-state index in [1.807, 2.05) is 0 Å². The van der Waals surface area contributed by atoms with Crippen LogP contribution in [0.4, 0.5) is 0 Å². The molecule has 1 aromatic carbocycles. The van der Waals surface area contributed by atoms with Crippen LogP contribution in [-0.2, 0) is 0 Å². The summed E-state index contributed by atoms with van der Waals surface area (Å²) in [5.41, 5.74) is 0.679. The van der Waals surface area contributed by atoms with Gasteiger partial charge in [0.05, 0.1) is 12.6 Å². The Bertz CT molecular complexity index is 693. The Labute approximate surface area is 103 Å². The van der Waals surface area contributed by atoms with Crippen molar-refractivity contribution in [2.45, 2.75) is 0 Å². The van der Waals surface area contributed by atoms with Crippen molar-refractivity contribution >= 4 is 10.9 Å². The summed E-state index contributed by atoms with van der Waals surface area (Å²) in [4.78, 5) is 8.43. The zero-order chi connectivity index (χ0) is 12.5. The van der Waals surface area contributed by atoms with E-state index in [9.17, 15) is 5.11 Å². The van der Waals surface area contributed by atoms with Gasteiger partial charge in [0, 0.05) is 29.9 Å². The van der Waals surface area contributed by atoms with Crippen LogP contribution in [-0.4, -0.2) is 26.8 Å². The number of rotatable bonds is 2. The molecule has 2 heterocycles. The maximum absolute atomic E-state index is 10.00. The molecule has 1 N–H and O–H groups in total. The summed E-state index contributed by atoms with van der Waals surface area (Å²) in [6, 6.07) is 6.97. The number of nitrogens with zero attached hydrogens (tertiary/aromatic N) is 3. The fourth-order valence-electron chi connectivity index (χ4n) is 1.83. The van der Waals surface area contributed by atoms with Crippen LogP contribution in [0.25, 0.3) is 16.7 Å². The number of imidazole rings is 1. The predicted molar refractivity (Wildman–Crippen MR) is 67.1 cm³/mol. The molecule has 0 spiro atoms. The lowest BCUT2D eigenvalue weighted by Crippen LogP contribution is -1.95. The van der Waals surface area contributed by atoms with Crippen LogP contribution < -0.4 is 4.74 Å². The molecule has 5 nitrogen and oxygen atoms in total. The average Bonchev–Trinajstić information content (AvgIpc) is 2.91.